The highest BCUT2D eigenvalue weighted by Gasteiger charge is 2.29. The summed E-state index contributed by atoms with van der Waals surface area (Å²) < 4.78 is 11.5. The van der Waals surface area contributed by atoms with Crippen LogP contribution in [0.25, 0.3) is 5.70 Å². The van der Waals surface area contributed by atoms with E-state index in [1.807, 2.05) is 49.4 Å². The van der Waals surface area contributed by atoms with Gasteiger partial charge in [-0.15, -0.1) is 0 Å². The molecular weight excluding hydrogens is 328 g/mol. The van der Waals surface area contributed by atoms with E-state index < -0.39 is 0 Å². The fraction of sp³-hybridized carbons (Fsp3) is 0.381. The van der Waals surface area contributed by atoms with E-state index in [0.29, 0.717) is 18.7 Å². The van der Waals surface area contributed by atoms with Gasteiger partial charge in [-0.25, -0.2) is 0 Å². The van der Waals surface area contributed by atoms with Crippen LogP contribution in [0.4, 0.5) is 0 Å². The predicted octanol–water partition coefficient (Wildman–Crippen LogP) is 3.59. The third kappa shape index (κ3) is 4.55. The van der Waals surface area contributed by atoms with Crippen LogP contribution < -0.4 is 5.73 Å². The number of nitrogens with two attached hydrogens (primary N) is 1. The van der Waals surface area contributed by atoms with Crippen LogP contribution in [0.2, 0.25) is 0 Å². The second-order valence-electron chi connectivity index (χ2n) is 6.90. The lowest BCUT2D eigenvalue weighted by molar-refractivity contribution is -0.151. The number of carbonyl (C=O) groups excluding carboxylic acids is 1. The number of carbonyl (C=O) groups is 1. The van der Waals surface area contributed by atoms with Gasteiger partial charge in [-0.2, -0.15) is 0 Å². The summed E-state index contributed by atoms with van der Waals surface area (Å²) in [4.78, 5) is 15.5. The number of benzene rings is 1. The Morgan fingerprint density at radius 3 is 2.77 bits per heavy atom. The Bertz CT molecular complexity index is 754. The Balaban J connectivity index is 1.45. The molecule has 0 aliphatic carbocycles. The lowest BCUT2D eigenvalue weighted by atomic mass is 10.0. The van der Waals surface area contributed by atoms with Crippen molar-refractivity contribution in [3.63, 3.8) is 0 Å². The maximum atomic E-state index is 12.2. The molecule has 2 aromatic rings. The van der Waals surface area contributed by atoms with E-state index in [-0.39, 0.29) is 24.1 Å². The lowest BCUT2D eigenvalue weighted by Gasteiger charge is -2.16. The SMILES string of the molecule is C=C(N)c1ccc(C2CCC(COC(=O)C(C)Cc3ccccc3)O2)[nH]1. The molecule has 0 radical (unpaired) electrons. The van der Waals surface area contributed by atoms with Gasteiger partial charge in [0.15, 0.2) is 0 Å². The molecule has 5 nitrogen and oxygen atoms in total. The van der Waals surface area contributed by atoms with E-state index in [0.717, 1.165) is 29.8 Å². The number of aromatic amines is 1. The number of H-pyrrole nitrogens is 1. The second kappa shape index (κ2) is 8.23. The minimum absolute atomic E-state index is 0.0199. The number of esters is 1. The average molecular weight is 354 g/mol. The Morgan fingerprint density at radius 1 is 1.31 bits per heavy atom. The second-order valence-corrected chi connectivity index (χ2v) is 6.90. The summed E-state index contributed by atoms with van der Waals surface area (Å²) >= 11 is 0. The summed E-state index contributed by atoms with van der Waals surface area (Å²) in [5, 5.41) is 0. The van der Waals surface area contributed by atoms with Gasteiger partial charge >= 0.3 is 5.97 Å². The molecular formula is C21H26N2O3. The predicted molar refractivity (Wildman–Crippen MR) is 101 cm³/mol. The standard InChI is InChI=1S/C21H26N2O3/c1-14(12-16-6-4-3-5-7-16)21(24)25-13-17-8-11-20(26-17)19-10-9-18(23-19)15(2)22/h3-7,9-10,14,17,20,23H,2,8,11-13,22H2,1H3. The van der Waals surface area contributed by atoms with Crippen LogP contribution in [0.1, 0.15) is 42.8 Å². The van der Waals surface area contributed by atoms with Crippen LogP contribution in [0, 0.1) is 5.92 Å². The Kier molecular flexibility index (Phi) is 5.78. The molecule has 0 bridgehead atoms. The molecule has 3 rings (SSSR count). The summed E-state index contributed by atoms with van der Waals surface area (Å²) in [5.74, 6) is -0.348. The zero-order valence-corrected chi connectivity index (χ0v) is 15.1. The fourth-order valence-electron chi connectivity index (χ4n) is 3.21. The van der Waals surface area contributed by atoms with Crippen molar-refractivity contribution >= 4 is 11.7 Å². The van der Waals surface area contributed by atoms with E-state index in [4.69, 9.17) is 15.2 Å². The molecule has 0 spiro atoms. The highest BCUT2D eigenvalue weighted by atomic mass is 16.6. The average Bonchev–Trinajstić information content (AvgIpc) is 3.29. The summed E-state index contributed by atoms with van der Waals surface area (Å²) in [6, 6.07) is 13.8. The molecule has 1 aliphatic rings. The molecule has 1 saturated heterocycles. The number of ether oxygens (including phenoxy) is 2. The van der Waals surface area contributed by atoms with Gasteiger partial charge in [0.1, 0.15) is 6.61 Å². The van der Waals surface area contributed by atoms with Gasteiger partial charge in [-0.1, -0.05) is 43.8 Å². The molecule has 0 saturated carbocycles. The number of rotatable bonds is 7. The highest BCUT2D eigenvalue weighted by Crippen LogP contribution is 2.32. The first-order valence-electron chi connectivity index (χ1n) is 9.02. The van der Waals surface area contributed by atoms with Gasteiger partial charge in [0.25, 0.3) is 0 Å². The van der Waals surface area contributed by atoms with Crippen molar-refractivity contribution < 1.29 is 14.3 Å². The van der Waals surface area contributed by atoms with Crippen molar-refractivity contribution in [2.24, 2.45) is 11.7 Å². The van der Waals surface area contributed by atoms with Crippen molar-refractivity contribution in [3.05, 3.63) is 66.0 Å². The first-order chi connectivity index (χ1) is 12.5. The van der Waals surface area contributed by atoms with Crippen LogP contribution in [0.15, 0.2) is 49.0 Å². The Labute approximate surface area is 154 Å². The van der Waals surface area contributed by atoms with E-state index in [2.05, 4.69) is 11.6 Å². The molecule has 1 aliphatic heterocycles. The molecule has 1 aromatic heterocycles. The zero-order chi connectivity index (χ0) is 18.5. The lowest BCUT2D eigenvalue weighted by Crippen LogP contribution is -2.23. The smallest absolute Gasteiger partial charge is 0.309 e. The van der Waals surface area contributed by atoms with Gasteiger partial charge in [-0.05, 0) is 37.0 Å². The largest absolute Gasteiger partial charge is 0.463 e. The van der Waals surface area contributed by atoms with Gasteiger partial charge < -0.3 is 20.2 Å². The normalized spacial score (nSPS) is 20.7. The molecule has 3 unspecified atom stereocenters. The molecule has 5 heteroatoms. The fourth-order valence-corrected chi connectivity index (χ4v) is 3.21. The zero-order valence-electron chi connectivity index (χ0n) is 15.1. The van der Waals surface area contributed by atoms with Gasteiger partial charge in [0, 0.05) is 11.4 Å². The summed E-state index contributed by atoms with van der Waals surface area (Å²) in [5.41, 5.74) is 9.13. The summed E-state index contributed by atoms with van der Waals surface area (Å²) in [7, 11) is 0. The highest BCUT2D eigenvalue weighted by molar-refractivity contribution is 5.72. The van der Waals surface area contributed by atoms with Crippen LogP contribution >= 0.6 is 0 Å². The number of hydrogen-bond acceptors (Lipinski definition) is 4. The third-order valence-electron chi connectivity index (χ3n) is 4.71. The monoisotopic (exact) mass is 354 g/mol. The van der Waals surface area contributed by atoms with Crippen LogP contribution in [0.3, 0.4) is 0 Å². The molecule has 0 amide bonds. The minimum Gasteiger partial charge on any atom is -0.463 e. The molecule has 26 heavy (non-hydrogen) atoms. The topological polar surface area (TPSA) is 77.3 Å². The molecule has 1 fully saturated rings. The van der Waals surface area contributed by atoms with Crippen molar-refractivity contribution in [1.82, 2.24) is 4.98 Å². The Morgan fingerprint density at radius 2 is 2.08 bits per heavy atom. The maximum absolute atomic E-state index is 12.2. The van der Waals surface area contributed by atoms with Crippen molar-refractivity contribution in [2.75, 3.05) is 6.61 Å². The van der Waals surface area contributed by atoms with Crippen molar-refractivity contribution in [1.29, 1.82) is 0 Å². The van der Waals surface area contributed by atoms with Gasteiger partial charge in [-0.3, -0.25) is 4.79 Å². The van der Waals surface area contributed by atoms with Crippen LogP contribution in [-0.2, 0) is 20.7 Å². The van der Waals surface area contributed by atoms with Crippen molar-refractivity contribution in [2.45, 2.75) is 38.4 Å². The van der Waals surface area contributed by atoms with E-state index >= 15 is 0 Å². The number of nitrogens with one attached hydrogen (secondary N) is 1. The van der Waals surface area contributed by atoms with E-state index in [9.17, 15) is 4.79 Å². The van der Waals surface area contributed by atoms with E-state index in [1.54, 1.807) is 0 Å². The van der Waals surface area contributed by atoms with Gasteiger partial charge in [0.2, 0.25) is 0 Å². The van der Waals surface area contributed by atoms with Crippen LogP contribution in [0.5, 0.6) is 0 Å². The summed E-state index contributed by atoms with van der Waals surface area (Å²) in [6.45, 7) is 5.92. The minimum atomic E-state index is -0.178. The first-order valence-corrected chi connectivity index (χ1v) is 9.02. The molecule has 3 atom stereocenters. The van der Waals surface area contributed by atoms with Crippen LogP contribution in [-0.4, -0.2) is 23.7 Å². The first kappa shape index (κ1) is 18.3. The van der Waals surface area contributed by atoms with Crippen molar-refractivity contribution in [3.8, 4) is 0 Å². The number of hydrogen-bond donors (Lipinski definition) is 2. The molecule has 1 aromatic carbocycles. The molecule has 3 N–H and O–H groups in total. The number of aromatic nitrogens is 1. The van der Waals surface area contributed by atoms with E-state index in [1.165, 1.54) is 0 Å². The Hall–Kier alpha value is -2.53. The molecule has 138 valence electrons. The molecule has 2 heterocycles. The van der Waals surface area contributed by atoms with Gasteiger partial charge in [0.05, 0.1) is 23.8 Å². The maximum Gasteiger partial charge on any atom is 0.309 e. The third-order valence-corrected chi connectivity index (χ3v) is 4.71. The summed E-state index contributed by atoms with van der Waals surface area (Å²) in [6.07, 6.45) is 2.35. The quantitative estimate of drug-likeness (QED) is 0.745.